The molecule has 1 spiro atoms. The molecular weight excluding hydrogens is 457 g/mol. The van der Waals surface area contributed by atoms with E-state index in [0.717, 1.165) is 6.07 Å². The summed E-state index contributed by atoms with van der Waals surface area (Å²) in [5.41, 5.74) is -0.332. The fraction of sp³-hybridized carbons (Fsp3) is 0.565. The van der Waals surface area contributed by atoms with E-state index in [2.05, 4.69) is 9.88 Å². The molecule has 5 heterocycles. The van der Waals surface area contributed by atoms with E-state index in [0.29, 0.717) is 38.2 Å². The lowest BCUT2D eigenvalue weighted by molar-refractivity contribution is -0.144. The monoisotopic (exact) mass is 483 g/mol. The van der Waals surface area contributed by atoms with Gasteiger partial charge in [-0.15, -0.1) is 0 Å². The van der Waals surface area contributed by atoms with Crippen LogP contribution in [0.4, 0.5) is 27.8 Å². The second-order valence-corrected chi connectivity index (χ2v) is 9.40. The van der Waals surface area contributed by atoms with Crippen LogP contribution < -0.4 is 4.90 Å². The van der Waals surface area contributed by atoms with E-state index < -0.39 is 29.9 Å². The highest BCUT2D eigenvalue weighted by Gasteiger charge is 2.48. The summed E-state index contributed by atoms with van der Waals surface area (Å²) in [7, 11) is 1.91. The van der Waals surface area contributed by atoms with E-state index in [1.807, 2.05) is 7.05 Å². The molecule has 2 aromatic heterocycles. The number of hydrogen-bond acceptors (Lipinski definition) is 4. The lowest BCUT2D eigenvalue weighted by Gasteiger charge is -2.50. The molecule has 0 N–H and O–H groups in total. The molecule has 0 atom stereocenters. The molecule has 6 nitrogen and oxygen atoms in total. The molecule has 5 rings (SSSR count). The predicted octanol–water partition coefficient (Wildman–Crippen LogP) is 3.82. The molecule has 0 bridgehead atoms. The van der Waals surface area contributed by atoms with Gasteiger partial charge < -0.3 is 14.4 Å². The van der Waals surface area contributed by atoms with Gasteiger partial charge in [0.25, 0.3) is 11.8 Å². The summed E-state index contributed by atoms with van der Waals surface area (Å²) in [5.74, 6) is -2.85. The van der Waals surface area contributed by atoms with Gasteiger partial charge in [-0.1, -0.05) is 0 Å². The summed E-state index contributed by atoms with van der Waals surface area (Å²) < 4.78 is 69.4. The van der Waals surface area contributed by atoms with Gasteiger partial charge in [-0.3, -0.25) is 9.69 Å². The molecule has 3 aliphatic rings. The van der Waals surface area contributed by atoms with E-state index in [1.165, 1.54) is 15.7 Å². The number of pyridine rings is 1. The van der Waals surface area contributed by atoms with Gasteiger partial charge in [-0.25, -0.2) is 13.8 Å². The number of aromatic nitrogens is 2. The highest BCUT2D eigenvalue weighted by molar-refractivity contribution is 5.99. The Kier molecular flexibility index (Phi) is 5.38. The Morgan fingerprint density at radius 3 is 2.38 bits per heavy atom. The first-order valence-corrected chi connectivity index (χ1v) is 11.4. The summed E-state index contributed by atoms with van der Waals surface area (Å²) in [4.78, 5) is 22.8. The number of amides is 1. The second kappa shape index (κ2) is 7.93. The molecule has 34 heavy (non-hydrogen) atoms. The van der Waals surface area contributed by atoms with Crippen LogP contribution in [-0.4, -0.2) is 71.0 Å². The number of anilines is 1. The Labute approximate surface area is 193 Å². The maximum Gasteiger partial charge on any atom is 0.431 e. The van der Waals surface area contributed by atoms with Crippen LogP contribution >= 0.6 is 0 Å². The van der Waals surface area contributed by atoms with Crippen LogP contribution in [0.15, 0.2) is 30.5 Å². The Bertz CT molecular complexity index is 1090. The Balaban J connectivity index is 1.37. The molecule has 0 radical (unpaired) electrons. The number of alkyl halides is 5. The molecule has 0 aliphatic carbocycles. The van der Waals surface area contributed by atoms with E-state index in [1.54, 1.807) is 23.1 Å². The quantitative estimate of drug-likeness (QED) is 0.610. The van der Waals surface area contributed by atoms with Gasteiger partial charge in [0.2, 0.25) is 0 Å². The third-order valence-corrected chi connectivity index (χ3v) is 7.50. The van der Waals surface area contributed by atoms with Crippen molar-refractivity contribution in [2.45, 2.75) is 43.4 Å². The van der Waals surface area contributed by atoms with Crippen molar-refractivity contribution in [2.24, 2.45) is 0 Å². The average molecular weight is 483 g/mol. The van der Waals surface area contributed by atoms with Crippen LogP contribution in [0.3, 0.4) is 0 Å². The summed E-state index contributed by atoms with van der Waals surface area (Å²) in [6, 6.07) is 5.90. The first kappa shape index (κ1) is 23.1. The van der Waals surface area contributed by atoms with Crippen molar-refractivity contribution in [1.82, 2.24) is 19.4 Å². The van der Waals surface area contributed by atoms with Crippen molar-refractivity contribution in [3.63, 3.8) is 0 Å². The van der Waals surface area contributed by atoms with Gasteiger partial charge in [0.15, 0.2) is 0 Å². The minimum atomic E-state index is -4.42. The smallest absolute Gasteiger partial charge is 0.350 e. The lowest BCUT2D eigenvalue weighted by Crippen LogP contribution is -2.56. The Hall–Kier alpha value is -2.69. The van der Waals surface area contributed by atoms with Crippen molar-refractivity contribution in [1.29, 1.82) is 0 Å². The number of nitrogens with zero attached hydrogens (tertiary/aromatic N) is 5. The predicted molar refractivity (Wildman–Crippen MR) is 115 cm³/mol. The summed E-state index contributed by atoms with van der Waals surface area (Å²) in [6.45, 7) is 1.08. The zero-order valence-electron chi connectivity index (χ0n) is 18.8. The highest BCUT2D eigenvalue weighted by atomic mass is 19.4. The third-order valence-electron chi connectivity index (χ3n) is 7.50. The average Bonchev–Trinajstić information content (AvgIpc) is 3.40. The molecule has 11 heteroatoms. The number of halogens is 5. The number of rotatable bonds is 2. The lowest BCUT2D eigenvalue weighted by atomic mass is 9.81. The molecular formula is C23H26F5N5O. The molecule has 2 aromatic rings. The summed E-state index contributed by atoms with van der Waals surface area (Å²) in [6.07, 6.45) is -2.26. The van der Waals surface area contributed by atoms with Crippen LogP contribution in [0.25, 0.3) is 0 Å². The number of fused-ring (bicyclic) bond motifs is 2. The topological polar surface area (TPSA) is 44.6 Å². The standard InChI is InChI=1S/C23H26F5N5O/c1-30-13-14-33-17(4-5-18(33)23(26,27)28)21(30)6-10-31(11-7-21)20(34)16-3-2-9-29-19(16)32-12-8-22(24,25)15-32/h2-5,9H,6-8,10-15H2,1H3. The van der Waals surface area contributed by atoms with Crippen LogP contribution in [0.2, 0.25) is 0 Å². The molecule has 0 aromatic carbocycles. The van der Waals surface area contributed by atoms with E-state index in [4.69, 9.17) is 0 Å². The van der Waals surface area contributed by atoms with Gasteiger partial charge in [0.1, 0.15) is 11.5 Å². The van der Waals surface area contributed by atoms with Crippen molar-refractivity contribution >= 4 is 11.7 Å². The van der Waals surface area contributed by atoms with Crippen molar-refractivity contribution in [3.05, 3.63) is 47.4 Å². The molecule has 0 saturated carbocycles. The third kappa shape index (κ3) is 3.73. The maximum absolute atomic E-state index is 13.8. The van der Waals surface area contributed by atoms with E-state index in [-0.39, 0.29) is 36.8 Å². The van der Waals surface area contributed by atoms with Gasteiger partial charge >= 0.3 is 6.18 Å². The molecule has 0 unspecified atom stereocenters. The Morgan fingerprint density at radius 2 is 1.74 bits per heavy atom. The van der Waals surface area contributed by atoms with E-state index in [9.17, 15) is 26.7 Å². The van der Waals surface area contributed by atoms with E-state index >= 15 is 0 Å². The van der Waals surface area contributed by atoms with Crippen LogP contribution in [0.1, 0.15) is 41.0 Å². The van der Waals surface area contributed by atoms with Gasteiger partial charge in [0.05, 0.1) is 17.6 Å². The Morgan fingerprint density at radius 1 is 1.00 bits per heavy atom. The van der Waals surface area contributed by atoms with Crippen LogP contribution in [-0.2, 0) is 18.3 Å². The zero-order chi connectivity index (χ0) is 24.3. The fourth-order valence-corrected chi connectivity index (χ4v) is 5.64. The van der Waals surface area contributed by atoms with Crippen LogP contribution in [0.5, 0.6) is 0 Å². The van der Waals surface area contributed by atoms with Crippen molar-refractivity contribution in [2.75, 3.05) is 44.7 Å². The number of likely N-dealkylation sites (tertiary alicyclic amines) is 1. The van der Waals surface area contributed by atoms with Crippen molar-refractivity contribution < 1.29 is 26.7 Å². The first-order valence-electron chi connectivity index (χ1n) is 11.4. The molecule has 2 fully saturated rings. The SMILES string of the molecule is CN1CCn2c(C(F)(F)F)ccc2C12CCN(C(=O)c1cccnc1N1CCC(F)(F)C1)CC2. The molecule has 2 saturated heterocycles. The minimum absolute atomic E-state index is 0.122. The number of carbonyl (C=O) groups excluding carboxylic acids is 1. The molecule has 1 amide bonds. The molecule has 3 aliphatic heterocycles. The summed E-state index contributed by atoms with van der Waals surface area (Å²) in [5, 5.41) is 0. The first-order chi connectivity index (χ1) is 16.0. The number of likely N-dealkylation sites (N-methyl/N-ethyl adjacent to an activating group) is 1. The maximum atomic E-state index is 13.8. The highest BCUT2D eigenvalue weighted by Crippen LogP contribution is 2.44. The molecule has 184 valence electrons. The van der Waals surface area contributed by atoms with Gasteiger partial charge in [-0.2, -0.15) is 13.2 Å². The zero-order valence-corrected chi connectivity index (χ0v) is 18.8. The normalized spacial score (nSPS) is 22.3. The van der Waals surface area contributed by atoms with Gasteiger partial charge in [-0.05, 0) is 44.2 Å². The fourth-order valence-electron chi connectivity index (χ4n) is 5.64. The van der Waals surface area contributed by atoms with Crippen LogP contribution in [0, 0.1) is 0 Å². The largest absolute Gasteiger partial charge is 0.431 e. The number of piperidine rings is 1. The number of hydrogen-bond donors (Lipinski definition) is 0. The summed E-state index contributed by atoms with van der Waals surface area (Å²) >= 11 is 0. The number of carbonyl (C=O) groups is 1. The van der Waals surface area contributed by atoms with Crippen molar-refractivity contribution in [3.8, 4) is 0 Å². The van der Waals surface area contributed by atoms with Gasteiger partial charge in [0, 0.05) is 51.0 Å². The minimum Gasteiger partial charge on any atom is -0.350 e. The second-order valence-electron chi connectivity index (χ2n) is 9.40.